The van der Waals surface area contributed by atoms with E-state index in [0.29, 0.717) is 6.04 Å². The van der Waals surface area contributed by atoms with E-state index in [1.54, 1.807) is 0 Å². The maximum Gasteiger partial charge on any atom is 0.0314 e. The molecule has 1 aliphatic carbocycles. The Labute approximate surface area is 165 Å². The minimum absolute atomic E-state index is 0.459. The quantitative estimate of drug-likeness (QED) is 0.680. The minimum Gasteiger partial charge on any atom is -0.390 e. The van der Waals surface area contributed by atoms with Crippen LogP contribution < -0.4 is 10.6 Å². The van der Waals surface area contributed by atoms with Crippen molar-refractivity contribution in [3.8, 4) is 0 Å². The third-order valence-electron chi connectivity index (χ3n) is 6.22. The monoisotopic (exact) mass is 364 g/mol. The molecule has 1 atom stereocenters. The average molecular weight is 365 g/mol. The highest BCUT2D eigenvalue weighted by Crippen LogP contribution is 2.32. The van der Waals surface area contributed by atoms with E-state index in [4.69, 9.17) is 0 Å². The Kier molecular flexibility index (Phi) is 7.34. The molecule has 2 N–H and O–H groups in total. The fourth-order valence-corrected chi connectivity index (χ4v) is 4.38. The number of aryl methyl sites for hydroxylation is 1. The SMILES string of the molecule is C=C1/C=C(/C(NCc2ccc(CC)cc2)C2CCCCC2)CCN/C=C\1C. The summed E-state index contributed by atoms with van der Waals surface area (Å²) in [5.74, 6) is 0.747. The van der Waals surface area contributed by atoms with Crippen molar-refractivity contribution in [2.45, 2.75) is 71.4 Å². The molecule has 0 radical (unpaired) electrons. The van der Waals surface area contributed by atoms with Gasteiger partial charge in [-0.05, 0) is 67.0 Å². The molecule has 1 heterocycles. The molecule has 2 heteroatoms. The molecule has 0 saturated heterocycles. The first-order chi connectivity index (χ1) is 13.2. The van der Waals surface area contributed by atoms with E-state index in [0.717, 1.165) is 37.4 Å². The summed E-state index contributed by atoms with van der Waals surface area (Å²) in [6.45, 7) is 10.6. The van der Waals surface area contributed by atoms with Gasteiger partial charge < -0.3 is 10.6 Å². The van der Waals surface area contributed by atoms with E-state index >= 15 is 0 Å². The minimum atomic E-state index is 0.459. The fourth-order valence-electron chi connectivity index (χ4n) is 4.38. The molecule has 1 fully saturated rings. The summed E-state index contributed by atoms with van der Waals surface area (Å²) in [7, 11) is 0. The maximum absolute atomic E-state index is 4.30. The first kappa shape index (κ1) is 19.9. The zero-order valence-electron chi connectivity index (χ0n) is 17.2. The maximum atomic E-state index is 4.30. The second-order valence-corrected chi connectivity index (χ2v) is 8.20. The van der Waals surface area contributed by atoms with Gasteiger partial charge >= 0.3 is 0 Å². The van der Waals surface area contributed by atoms with Crippen molar-refractivity contribution >= 4 is 0 Å². The van der Waals surface area contributed by atoms with Gasteiger partial charge in [0, 0.05) is 19.1 Å². The van der Waals surface area contributed by atoms with Crippen molar-refractivity contribution in [2.24, 2.45) is 5.92 Å². The summed E-state index contributed by atoms with van der Waals surface area (Å²) < 4.78 is 0. The van der Waals surface area contributed by atoms with Crippen LogP contribution in [0.4, 0.5) is 0 Å². The molecule has 1 unspecified atom stereocenters. The summed E-state index contributed by atoms with van der Waals surface area (Å²) in [5, 5.41) is 7.39. The van der Waals surface area contributed by atoms with E-state index in [1.807, 2.05) is 0 Å². The molecule has 2 aliphatic rings. The van der Waals surface area contributed by atoms with Crippen LogP contribution in [0.15, 0.2) is 59.8 Å². The summed E-state index contributed by atoms with van der Waals surface area (Å²) in [6, 6.07) is 9.55. The molecule has 1 aromatic carbocycles. The van der Waals surface area contributed by atoms with Crippen molar-refractivity contribution in [1.29, 1.82) is 0 Å². The van der Waals surface area contributed by atoms with Crippen LogP contribution in [-0.4, -0.2) is 12.6 Å². The highest BCUT2D eigenvalue weighted by atomic mass is 14.9. The Hall–Kier alpha value is -1.80. The van der Waals surface area contributed by atoms with Crippen LogP contribution in [0.5, 0.6) is 0 Å². The predicted octanol–water partition coefficient (Wildman–Crippen LogP) is 5.67. The van der Waals surface area contributed by atoms with Crippen molar-refractivity contribution in [1.82, 2.24) is 10.6 Å². The first-order valence-electron chi connectivity index (χ1n) is 10.8. The molecule has 146 valence electrons. The van der Waals surface area contributed by atoms with Gasteiger partial charge in [0.25, 0.3) is 0 Å². The lowest BCUT2D eigenvalue weighted by molar-refractivity contribution is 0.287. The molecule has 0 aromatic heterocycles. The van der Waals surface area contributed by atoms with Gasteiger partial charge in [0.05, 0.1) is 0 Å². The molecule has 27 heavy (non-hydrogen) atoms. The largest absolute Gasteiger partial charge is 0.390 e. The van der Waals surface area contributed by atoms with Crippen molar-refractivity contribution in [3.05, 3.63) is 71.0 Å². The van der Waals surface area contributed by atoms with Crippen molar-refractivity contribution < 1.29 is 0 Å². The van der Waals surface area contributed by atoms with Crippen LogP contribution in [0.3, 0.4) is 0 Å². The first-order valence-corrected chi connectivity index (χ1v) is 10.8. The van der Waals surface area contributed by atoms with E-state index < -0.39 is 0 Å². The van der Waals surface area contributed by atoms with Crippen LogP contribution in [0, 0.1) is 5.92 Å². The van der Waals surface area contributed by atoms with Crippen LogP contribution in [-0.2, 0) is 13.0 Å². The number of hydrogen-bond acceptors (Lipinski definition) is 2. The summed E-state index contributed by atoms with van der Waals surface area (Å²) >= 11 is 0. The molecular weight excluding hydrogens is 328 g/mol. The molecule has 2 nitrogen and oxygen atoms in total. The van der Waals surface area contributed by atoms with Gasteiger partial charge in [0.1, 0.15) is 0 Å². The predicted molar refractivity (Wildman–Crippen MR) is 117 cm³/mol. The molecule has 0 bridgehead atoms. The van der Waals surface area contributed by atoms with Gasteiger partial charge in [-0.25, -0.2) is 0 Å². The second kappa shape index (κ2) is 9.94. The second-order valence-electron chi connectivity index (χ2n) is 8.20. The highest BCUT2D eigenvalue weighted by Gasteiger charge is 2.26. The Morgan fingerprint density at radius 1 is 1.11 bits per heavy atom. The molecule has 0 spiro atoms. The van der Waals surface area contributed by atoms with Gasteiger partial charge in [-0.2, -0.15) is 0 Å². The molecule has 1 aromatic rings. The molecule has 1 saturated carbocycles. The molecule has 1 aliphatic heterocycles. The van der Waals surface area contributed by atoms with Crippen molar-refractivity contribution in [3.63, 3.8) is 0 Å². The zero-order chi connectivity index (χ0) is 19.1. The Morgan fingerprint density at radius 3 is 2.52 bits per heavy atom. The van der Waals surface area contributed by atoms with Crippen LogP contribution in [0.2, 0.25) is 0 Å². The number of hydrogen-bond donors (Lipinski definition) is 2. The Bertz CT molecular complexity index is 675. The molecule has 3 rings (SSSR count). The number of allylic oxidation sites excluding steroid dienone is 3. The van der Waals surface area contributed by atoms with Crippen LogP contribution in [0.1, 0.15) is 63.5 Å². The number of nitrogens with one attached hydrogen (secondary N) is 2. The zero-order valence-corrected chi connectivity index (χ0v) is 17.2. The topological polar surface area (TPSA) is 24.1 Å². The highest BCUT2D eigenvalue weighted by molar-refractivity contribution is 5.40. The van der Waals surface area contributed by atoms with E-state index in [-0.39, 0.29) is 0 Å². The number of rotatable bonds is 6. The molecule has 0 amide bonds. The van der Waals surface area contributed by atoms with Gasteiger partial charge in [-0.15, -0.1) is 0 Å². The van der Waals surface area contributed by atoms with Crippen molar-refractivity contribution in [2.75, 3.05) is 6.54 Å². The average Bonchev–Trinajstić information content (AvgIpc) is 2.71. The van der Waals surface area contributed by atoms with E-state index in [1.165, 1.54) is 54.4 Å². The van der Waals surface area contributed by atoms with E-state index in [2.05, 4.69) is 67.6 Å². The lowest BCUT2D eigenvalue weighted by Gasteiger charge is -2.34. The van der Waals surface area contributed by atoms with E-state index in [9.17, 15) is 0 Å². The third-order valence-corrected chi connectivity index (χ3v) is 6.22. The fraction of sp³-hybridized carbons (Fsp3) is 0.520. The smallest absolute Gasteiger partial charge is 0.0314 e. The summed E-state index contributed by atoms with van der Waals surface area (Å²) in [5.41, 5.74) is 6.70. The lowest BCUT2D eigenvalue weighted by Crippen LogP contribution is -2.39. The number of benzene rings is 1. The van der Waals surface area contributed by atoms with Gasteiger partial charge in [0.2, 0.25) is 0 Å². The van der Waals surface area contributed by atoms with Gasteiger partial charge in [-0.3, -0.25) is 0 Å². The van der Waals surface area contributed by atoms with Crippen LogP contribution >= 0.6 is 0 Å². The van der Waals surface area contributed by atoms with Crippen LogP contribution in [0.25, 0.3) is 0 Å². The molecular formula is C25H36N2. The van der Waals surface area contributed by atoms with Gasteiger partial charge in [0.15, 0.2) is 0 Å². The Balaban J connectivity index is 1.77. The standard InChI is InChI=1S/C25H36N2/c1-4-21-10-12-22(13-11-21)18-27-25(23-8-6-5-7-9-23)24-14-15-26-17-20(3)19(2)16-24/h10-13,16-17,23,25-27H,2,4-9,14-15,18H2,1,3H3/b20-17-,24-16+. The summed E-state index contributed by atoms with van der Waals surface area (Å²) in [4.78, 5) is 0. The normalized spacial score (nSPS) is 24.0. The lowest BCUT2D eigenvalue weighted by atomic mass is 9.79. The van der Waals surface area contributed by atoms with Gasteiger partial charge in [-0.1, -0.05) is 68.7 Å². The third kappa shape index (κ3) is 5.59. The Morgan fingerprint density at radius 2 is 1.81 bits per heavy atom. The summed E-state index contributed by atoms with van der Waals surface area (Å²) in [6.07, 6.45) is 13.5.